The van der Waals surface area contributed by atoms with E-state index in [4.69, 9.17) is 5.11 Å². The lowest BCUT2D eigenvalue weighted by Crippen LogP contribution is -2.38. The molecule has 0 amide bonds. The Labute approximate surface area is 105 Å². The van der Waals surface area contributed by atoms with E-state index in [0.717, 1.165) is 7.11 Å². The Hall–Kier alpha value is -1.19. The molecule has 0 spiro atoms. The van der Waals surface area contributed by atoms with Crippen LogP contribution in [0, 0.1) is 0 Å². The highest BCUT2D eigenvalue weighted by molar-refractivity contribution is 7.89. The van der Waals surface area contributed by atoms with Gasteiger partial charge in [-0.15, -0.1) is 0 Å². The zero-order chi connectivity index (χ0) is 14.2. The molecule has 8 nitrogen and oxygen atoms in total. The summed E-state index contributed by atoms with van der Waals surface area (Å²) in [5.74, 6) is -1.72. The number of carbonyl (C=O) groups is 2. The number of rotatable bonds is 8. The number of carbonyl (C=O) groups excluding carboxylic acids is 2. The summed E-state index contributed by atoms with van der Waals surface area (Å²) in [5, 5.41) is 9.16. The molecule has 0 saturated carbocycles. The Morgan fingerprint density at radius 3 is 2.39 bits per heavy atom. The lowest BCUT2D eigenvalue weighted by molar-refractivity contribution is -0.149. The zero-order valence-corrected chi connectivity index (χ0v) is 11.0. The van der Waals surface area contributed by atoms with Gasteiger partial charge in [-0.1, -0.05) is 0 Å². The van der Waals surface area contributed by atoms with E-state index in [1.165, 1.54) is 7.11 Å². The third-order valence-electron chi connectivity index (χ3n) is 1.99. The molecule has 106 valence electrons. The van der Waals surface area contributed by atoms with Gasteiger partial charge in [-0.05, 0) is 6.42 Å². The molecule has 0 aromatic heterocycles. The predicted molar refractivity (Wildman–Crippen MR) is 61.1 cm³/mol. The van der Waals surface area contributed by atoms with Crippen molar-refractivity contribution in [2.45, 2.75) is 18.9 Å². The maximum atomic E-state index is 11.4. The Kier molecular flexibility index (Phi) is 7.48. The topological polar surface area (TPSA) is 119 Å². The summed E-state index contributed by atoms with van der Waals surface area (Å²) in [5.41, 5.74) is 0. The van der Waals surface area contributed by atoms with E-state index in [2.05, 4.69) is 9.47 Å². The number of aliphatic hydroxyl groups is 1. The van der Waals surface area contributed by atoms with Gasteiger partial charge in [0.2, 0.25) is 10.0 Å². The Balaban J connectivity index is 4.01. The van der Waals surface area contributed by atoms with Crippen molar-refractivity contribution in [2.75, 3.05) is 26.5 Å². The van der Waals surface area contributed by atoms with Crippen LogP contribution < -0.4 is 4.72 Å². The van der Waals surface area contributed by atoms with Crippen molar-refractivity contribution in [3.05, 3.63) is 0 Å². The Bertz CT molecular complexity index is 378. The molecule has 1 atom stereocenters. The monoisotopic (exact) mass is 283 g/mol. The predicted octanol–water partition coefficient (Wildman–Crippen LogP) is -1.61. The molecule has 1 unspecified atom stereocenters. The molecular weight excluding hydrogens is 266 g/mol. The molecule has 0 aliphatic rings. The average Bonchev–Trinajstić information content (AvgIpc) is 2.34. The number of hydrogen-bond donors (Lipinski definition) is 2. The Morgan fingerprint density at radius 2 is 1.89 bits per heavy atom. The highest BCUT2D eigenvalue weighted by Crippen LogP contribution is 1.97. The third kappa shape index (κ3) is 7.20. The highest BCUT2D eigenvalue weighted by Gasteiger charge is 2.19. The van der Waals surface area contributed by atoms with Crippen LogP contribution in [0.1, 0.15) is 12.8 Å². The number of methoxy groups -OCH3 is 2. The van der Waals surface area contributed by atoms with E-state index in [9.17, 15) is 18.0 Å². The van der Waals surface area contributed by atoms with Gasteiger partial charge in [-0.25, -0.2) is 17.9 Å². The summed E-state index contributed by atoms with van der Waals surface area (Å²) in [6, 6.07) is 0. The number of sulfonamides is 1. The molecular formula is C9H17NO7S. The molecule has 0 aliphatic heterocycles. The van der Waals surface area contributed by atoms with Crippen LogP contribution in [0.2, 0.25) is 0 Å². The van der Waals surface area contributed by atoms with Crippen molar-refractivity contribution in [1.82, 2.24) is 4.72 Å². The van der Waals surface area contributed by atoms with Crippen molar-refractivity contribution < 1.29 is 32.6 Å². The van der Waals surface area contributed by atoms with Gasteiger partial charge in [0.05, 0.1) is 20.0 Å². The first-order valence-corrected chi connectivity index (χ1v) is 6.77. The first-order chi connectivity index (χ1) is 8.32. The Morgan fingerprint density at radius 1 is 1.28 bits per heavy atom. The first kappa shape index (κ1) is 16.8. The van der Waals surface area contributed by atoms with E-state index >= 15 is 0 Å². The second-order valence-corrected chi connectivity index (χ2v) is 5.31. The van der Waals surface area contributed by atoms with Crippen LogP contribution in [0.3, 0.4) is 0 Å². The fourth-order valence-corrected chi connectivity index (χ4v) is 2.09. The first-order valence-electron chi connectivity index (χ1n) is 5.12. The SMILES string of the molecule is COC(=O)CCCS(=O)(=O)NCC(O)C(=O)OC. The van der Waals surface area contributed by atoms with Gasteiger partial charge in [0, 0.05) is 13.0 Å². The molecule has 0 saturated heterocycles. The smallest absolute Gasteiger partial charge is 0.336 e. The van der Waals surface area contributed by atoms with Gasteiger partial charge >= 0.3 is 11.9 Å². The number of aliphatic hydroxyl groups excluding tert-OH is 1. The van der Waals surface area contributed by atoms with Crippen molar-refractivity contribution in [3.63, 3.8) is 0 Å². The number of nitrogens with one attached hydrogen (secondary N) is 1. The average molecular weight is 283 g/mol. The molecule has 0 aromatic rings. The van der Waals surface area contributed by atoms with Crippen LogP contribution in [0.25, 0.3) is 0 Å². The normalized spacial score (nSPS) is 12.8. The minimum absolute atomic E-state index is 0.0169. The fraction of sp³-hybridized carbons (Fsp3) is 0.778. The van der Waals surface area contributed by atoms with Crippen LogP contribution in [0.5, 0.6) is 0 Å². The molecule has 9 heteroatoms. The largest absolute Gasteiger partial charge is 0.469 e. The summed E-state index contributed by atoms with van der Waals surface area (Å²) >= 11 is 0. The van der Waals surface area contributed by atoms with Gasteiger partial charge in [0.25, 0.3) is 0 Å². The summed E-state index contributed by atoms with van der Waals surface area (Å²) in [4.78, 5) is 21.6. The standard InChI is InChI=1S/C9H17NO7S/c1-16-8(12)4-3-5-18(14,15)10-6-7(11)9(13)17-2/h7,10-11H,3-6H2,1-2H3. The van der Waals surface area contributed by atoms with Crippen LogP contribution in [0.4, 0.5) is 0 Å². The summed E-state index contributed by atoms with van der Waals surface area (Å²) in [7, 11) is -1.36. The van der Waals surface area contributed by atoms with E-state index in [1.807, 2.05) is 4.72 Å². The highest BCUT2D eigenvalue weighted by atomic mass is 32.2. The molecule has 0 aromatic carbocycles. The lowest BCUT2D eigenvalue weighted by Gasteiger charge is -2.10. The molecule has 0 radical (unpaired) electrons. The molecule has 18 heavy (non-hydrogen) atoms. The molecule has 0 heterocycles. The van der Waals surface area contributed by atoms with E-state index in [-0.39, 0.29) is 18.6 Å². The van der Waals surface area contributed by atoms with E-state index in [0.29, 0.717) is 0 Å². The van der Waals surface area contributed by atoms with E-state index in [1.54, 1.807) is 0 Å². The summed E-state index contributed by atoms with van der Waals surface area (Å²) in [6.07, 6.45) is -1.47. The number of hydrogen-bond acceptors (Lipinski definition) is 7. The van der Waals surface area contributed by atoms with Crippen LogP contribution in [-0.2, 0) is 29.1 Å². The quantitative estimate of drug-likeness (QED) is 0.514. The van der Waals surface area contributed by atoms with Gasteiger partial charge in [0.1, 0.15) is 0 Å². The number of esters is 2. The van der Waals surface area contributed by atoms with Gasteiger partial charge in [-0.2, -0.15) is 0 Å². The van der Waals surface area contributed by atoms with E-state index < -0.39 is 34.6 Å². The lowest BCUT2D eigenvalue weighted by atomic mass is 10.3. The molecule has 0 aliphatic carbocycles. The van der Waals surface area contributed by atoms with Crippen molar-refractivity contribution in [3.8, 4) is 0 Å². The van der Waals surface area contributed by atoms with Gasteiger partial charge in [-0.3, -0.25) is 4.79 Å². The summed E-state index contributed by atoms with van der Waals surface area (Å²) < 4.78 is 33.4. The van der Waals surface area contributed by atoms with Gasteiger partial charge in [0.15, 0.2) is 6.10 Å². The number of ether oxygens (including phenoxy) is 2. The molecule has 0 rings (SSSR count). The van der Waals surface area contributed by atoms with Crippen LogP contribution >= 0.6 is 0 Å². The minimum atomic E-state index is -3.65. The minimum Gasteiger partial charge on any atom is -0.469 e. The van der Waals surface area contributed by atoms with Gasteiger partial charge < -0.3 is 14.6 Å². The molecule has 2 N–H and O–H groups in total. The zero-order valence-electron chi connectivity index (χ0n) is 10.2. The van der Waals surface area contributed by atoms with Crippen molar-refractivity contribution in [2.24, 2.45) is 0 Å². The summed E-state index contributed by atoms with van der Waals surface area (Å²) in [6.45, 7) is -0.465. The van der Waals surface area contributed by atoms with Crippen molar-refractivity contribution >= 4 is 22.0 Å². The van der Waals surface area contributed by atoms with Crippen LogP contribution in [-0.4, -0.2) is 58.1 Å². The maximum Gasteiger partial charge on any atom is 0.336 e. The maximum absolute atomic E-state index is 11.4. The second-order valence-electron chi connectivity index (χ2n) is 3.39. The molecule has 0 bridgehead atoms. The second kappa shape index (κ2) is 8.01. The fourth-order valence-electron chi connectivity index (χ4n) is 1.01. The third-order valence-corrected chi connectivity index (χ3v) is 3.42. The molecule has 0 fully saturated rings. The van der Waals surface area contributed by atoms with Crippen LogP contribution in [0.15, 0.2) is 0 Å². The van der Waals surface area contributed by atoms with Crippen molar-refractivity contribution in [1.29, 1.82) is 0 Å².